The summed E-state index contributed by atoms with van der Waals surface area (Å²) in [6.45, 7) is 10.1. The fraction of sp³-hybridized carbons (Fsp3) is 0.127. The zero-order valence-electron chi connectivity index (χ0n) is 40.6. The minimum atomic E-state index is -5.77. The average molecular weight is 1060 g/mol. The lowest BCUT2D eigenvalue weighted by Gasteiger charge is -2.13. The minimum Gasteiger partial charge on any atom is -0.508 e. The van der Waals surface area contributed by atoms with Crippen LogP contribution in [-0.2, 0) is 10.1 Å². The topological polar surface area (TPSA) is 157 Å². The molecule has 0 aliphatic carbocycles. The van der Waals surface area contributed by atoms with Crippen molar-refractivity contribution in [2.45, 2.75) is 26.3 Å². The molecule has 0 amide bonds. The highest BCUT2D eigenvalue weighted by Gasteiger charge is 2.48. The number of alkyl halides is 3. The van der Waals surface area contributed by atoms with Crippen LogP contribution in [0.4, 0.5) is 26.3 Å². The fourth-order valence-corrected chi connectivity index (χ4v) is 8.58. The van der Waals surface area contributed by atoms with Crippen LogP contribution in [0.3, 0.4) is 0 Å². The molecule has 0 saturated heterocycles. The van der Waals surface area contributed by atoms with Gasteiger partial charge in [0.05, 0.1) is 33.1 Å². The van der Waals surface area contributed by atoms with E-state index in [9.17, 15) is 39.9 Å². The number of halogens is 6. The number of aromatic nitrogens is 9. The van der Waals surface area contributed by atoms with E-state index in [0.29, 0.717) is 27.8 Å². The van der Waals surface area contributed by atoms with Gasteiger partial charge in [-0.05, 0) is 146 Å². The van der Waals surface area contributed by atoms with Gasteiger partial charge >= 0.3 is 15.6 Å². The zero-order valence-corrected chi connectivity index (χ0v) is 41.4. The Morgan fingerprint density at radius 3 is 1.32 bits per heavy atom. The normalized spacial score (nSPS) is 11.7. The van der Waals surface area contributed by atoms with Crippen molar-refractivity contribution in [2.75, 3.05) is 19.6 Å². The molecule has 0 unspecified atom stereocenters. The molecular weight excluding hydrogens is 1010 g/mol. The molecular formula is C55H44F6N10O4S. The van der Waals surface area contributed by atoms with Gasteiger partial charge in [-0.3, -0.25) is 13.2 Å². The van der Waals surface area contributed by atoms with Crippen molar-refractivity contribution in [1.82, 2.24) is 48.0 Å². The van der Waals surface area contributed by atoms with Gasteiger partial charge in [0.15, 0.2) is 0 Å². The van der Waals surface area contributed by atoms with Crippen molar-refractivity contribution >= 4 is 60.2 Å². The van der Waals surface area contributed by atoms with E-state index in [-0.39, 0.29) is 5.75 Å². The smallest absolute Gasteiger partial charge is 0.508 e. The van der Waals surface area contributed by atoms with Crippen LogP contribution in [0.2, 0.25) is 0 Å². The van der Waals surface area contributed by atoms with Crippen LogP contribution in [0, 0.1) is 17.8 Å². The van der Waals surface area contributed by atoms with Gasteiger partial charge in [0.1, 0.15) is 28.4 Å². The van der Waals surface area contributed by atoms with E-state index in [1.807, 2.05) is 69.7 Å². The quantitative estimate of drug-likeness (QED) is 0.0668. The molecule has 76 heavy (non-hydrogen) atoms. The third kappa shape index (κ3) is 11.4. The standard InChI is InChI=1S/C17H9F4N3O3S.C16H10FN3O.C16H10FN3.C6H15N/c18-15-4-1-11(9-22-15)10-5-6-24-14-8-12(27-28(25,26)17(19,20)21)2-3-13(14)23-16(24)7-10;17-15-4-1-11(9-18-15)10-5-6-20-14-8-12(21)2-3-13(14)19-16(20)7-10;17-15-6-5-12(10-18-15)11-7-8-20-14-4-2-1-3-13(14)19-16(20)9-11;1-4-7(5-2)6-3/h1-9H;1-9,21H;1-10H;4-6H2,1-3H3. The monoisotopic (exact) mass is 1050 g/mol. The van der Waals surface area contributed by atoms with Crippen LogP contribution >= 0.6 is 0 Å². The second kappa shape index (κ2) is 21.9. The van der Waals surface area contributed by atoms with Crippen LogP contribution in [0.15, 0.2) is 171 Å². The van der Waals surface area contributed by atoms with Crippen LogP contribution in [0.1, 0.15) is 20.8 Å². The largest absolute Gasteiger partial charge is 0.534 e. The average Bonchev–Trinajstić information content (AvgIpc) is 4.11. The summed E-state index contributed by atoms with van der Waals surface area (Å²) in [4.78, 5) is 26.8. The van der Waals surface area contributed by atoms with E-state index in [2.05, 4.69) is 59.8 Å². The van der Waals surface area contributed by atoms with E-state index in [1.165, 1.54) is 62.5 Å². The van der Waals surface area contributed by atoms with Gasteiger partial charge in [0.25, 0.3) is 0 Å². The van der Waals surface area contributed by atoms with Crippen molar-refractivity contribution in [3.63, 3.8) is 0 Å². The van der Waals surface area contributed by atoms with E-state index in [4.69, 9.17) is 0 Å². The number of rotatable bonds is 8. The highest BCUT2D eigenvalue weighted by atomic mass is 32.2. The molecule has 14 nitrogen and oxygen atoms in total. The SMILES string of the molecule is CCN(CC)CC.Fc1ccc(-c2ccn3c(c2)nc2ccccc23)cn1.O=S(=O)(Oc1ccc2nc3cc(-c4ccc(F)nc4)ccn3c2c1)C(F)(F)F.Oc1ccc2nc3cc(-c4ccc(F)nc4)ccn3c2c1. The number of imidazole rings is 3. The Kier molecular flexibility index (Phi) is 14.9. The first kappa shape index (κ1) is 51.9. The number of hydrogen-bond donors (Lipinski definition) is 1. The summed E-state index contributed by atoms with van der Waals surface area (Å²) in [7, 11) is -5.77. The molecule has 0 spiro atoms. The van der Waals surface area contributed by atoms with Gasteiger partial charge in [0, 0.05) is 66.0 Å². The van der Waals surface area contributed by atoms with Crippen molar-refractivity contribution in [1.29, 1.82) is 0 Å². The summed E-state index contributed by atoms with van der Waals surface area (Å²) >= 11 is 0. The summed E-state index contributed by atoms with van der Waals surface area (Å²) in [6.07, 6.45) is 9.84. The highest BCUT2D eigenvalue weighted by molar-refractivity contribution is 7.88. The number of nitrogens with zero attached hydrogens (tertiary/aromatic N) is 10. The lowest BCUT2D eigenvalue weighted by atomic mass is 10.1. The number of phenols is 1. The second-order valence-electron chi connectivity index (χ2n) is 16.8. The Morgan fingerprint density at radius 1 is 0.500 bits per heavy atom. The lowest BCUT2D eigenvalue weighted by molar-refractivity contribution is -0.0500. The Balaban J connectivity index is 0.000000133. The van der Waals surface area contributed by atoms with Gasteiger partial charge in [0.2, 0.25) is 17.8 Å². The number of aromatic hydroxyl groups is 1. The van der Waals surface area contributed by atoms with Gasteiger partial charge in [-0.25, -0.2) is 29.9 Å². The summed E-state index contributed by atoms with van der Waals surface area (Å²) in [5, 5.41) is 9.58. The predicted molar refractivity (Wildman–Crippen MR) is 278 cm³/mol. The maximum Gasteiger partial charge on any atom is 0.534 e. The Bertz CT molecular complexity index is 4110. The molecule has 386 valence electrons. The van der Waals surface area contributed by atoms with Gasteiger partial charge in [-0.1, -0.05) is 32.9 Å². The molecule has 3 aromatic carbocycles. The molecule has 0 atom stereocenters. The van der Waals surface area contributed by atoms with Gasteiger partial charge in [-0.15, -0.1) is 0 Å². The number of para-hydroxylation sites is 2. The first-order valence-electron chi connectivity index (χ1n) is 23.5. The van der Waals surface area contributed by atoms with E-state index in [0.717, 1.165) is 67.7 Å². The van der Waals surface area contributed by atoms with E-state index in [1.54, 1.807) is 59.1 Å². The third-order valence-corrected chi connectivity index (χ3v) is 13.1. The molecule has 12 rings (SSSR count). The number of hydrogen-bond acceptors (Lipinski definition) is 11. The molecule has 0 fully saturated rings. The van der Waals surface area contributed by atoms with Crippen LogP contribution in [-0.4, -0.2) is 86.7 Å². The summed E-state index contributed by atoms with van der Waals surface area (Å²) in [5.74, 6) is -1.87. The van der Waals surface area contributed by atoms with Crippen LogP contribution < -0.4 is 4.18 Å². The van der Waals surface area contributed by atoms with Crippen LogP contribution in [0.25, 0.3) is 83.4 Å². The first-order chi connectivity index (χ1) is 36.5. The van der Waals surface area contributed by atoms with Crippen molar-refractivity contribution in [2.24, 2.45) is 0 Å². The molecule has 1 N–H and O–H groups in total. The maximum atomic E-state index is 13.0. The number of pyridine rings is 6. The first-order valence-corrected chi connectivity index (χ1v) is 24.9. The highest BCUT2D eigenvalue weighted by Crippen LogP contribution is 2.31. The molecule has 21 heteroatoms. The van der Waals surface area contributed by atoms with Gasteiger partial charge in [-0.2, -0.15) is 34.8 Å². The van der Waals surface area contributed by atoms with E-state index >= 15 is 0 Å². The molecule has 0 aliphatic rings. The molecule has 9 heterocycles. The molecule has 0 saturated carbocycles. The molecule has 12 aromatic rings. The fourth-order valence-electron chi connectivity index (χ4n) is 8.13. The lowest BCUT2D eigenvalue weighted by Crippen LogP contribution is -2.28. The molecule has 0 bridgehead atoms. The third-order valence-electron chi connectivity index (χ3n) is 12.1. The molecule has 9 aromatic heterocycles. The Morgan fingerprint density at radius 2 is 0.908 bits per heavy atom. The Hall–Kier alpha value is -8.95. The summed E-state index contributed by atoms with van der Waals surface area (Å²) < 4.78 is 108. The number of phenolic OH excluding ortho intramolecular Hbond substituents is 1. The van der Waals surface area contributed by atoms with Crippen molar-refractivity contribution in [3.05, 3.63) is 188 Å². The van der Waals surface area contributed by atoms with E-state index < -0.39 is 39.2 Å². The molecule has 0 radical (unpaired) electrons. The summed E-state index contributed by atoms with van der Waals surface area (Å²) in [5.41, 5.74) is 5.95. The number of fused-ring (bicyclic) bond motifs is 9. The Labute approximate surface area is 430 Å². The summed E-state index contributed by atoms with van der Waals surface area (Å²) in [6, 6.07) is 36.6. The maximum absolute atomic E-state index is 13.0. The zero-order chi connectivity index (χ0) is 53.7. The van der Waals surface area contributed by atoms with Gasteiger partial charge < -0.3 is 14.2 Å². The molecule has 0 aliphatic heterocycles. The number of benzene rings is 3. The van der Waals surface area contributed by atoms with Crippen LogP contribution in [0.5, 0.6) is 11.5 Å². The minimum absolute atomic E-state index is 0.205. The predicted octanol–water partition coefficient (Wildman–Crippen LogP) is 12.3. The second-order valence-corrected chi connectivity index (χ2v) is 18.3. The van der Waals surface area contributed by atoms with Crippen molar-refractivity contribution < 1.29 is 44.0 Å². The van der Waals surface area contributed by atoms with Crippen molar-refractivity contribution in [3.8, 4) is 44.9 Å².